The molecule has 3 rings (SSSR count). The smallest absolute Gasteiger partial charge is 0.257 e. The second-order valence-electron chi connectivity index (χ2n) is 5.55. The van der Waals surface area contributed by atoms with Gasteiger partial charge in [0, 0.05) is 17.6 Å². The average molecular weight is 379 g/mol. The van der Waals surface area contributed by atoms with Crippen molar-refractivity contribution in [3.8, 4) is 11.8 Å². The monoisotopic (exact) mass is 378 g/mol. The number of amides is 1. The van der Waals surface area contributed by atoms with Crippen molar-refractivity contribution < 1.29 is 9.53 Å². The average Bonchev–Trinajstić information content (AvgIpc) is 2.69. The molecule has 0 aliphatic rings. The third-order valence-corrected chi connectivity index (χ3v) is 4.02. The first kappa shape index (κ1) is 18.2. The van der Waals surface area contributed by atoms with Gasteiger partial charge in [-0.1, -0.05) is 11.6 Å². The third kappa shape index (κ3) is 4.54. The predicted molar refractivity (Wildman–Crippen MR) is 105 cm³/mol. The minimum atomic E-state index is -0.286. The summed E-state index contributed by atoms with van der Waals surface area (Å²) in [7, 11) is 1.55. The van der Waals surface area contributed by atoms with Gasteiger partial charge in [-0.05, 0) is 54.6 Å². The van der Waals surface area contributed by atoms with Gasteiger partial charge in [-0.25, -0.2) is 4.98 Å². The third-order valence-electron chi connectivity index (χ3n) is 3.72. The van der Waals surface area contributed by atoms with E-state index < -0.39 is 0 Å². The van der Waals surface area contributed by atoms with Crippen molar-refractivity contribution in [2.45, 2.75) is 0 Å². The number of nitrogens with zero attached hydrogens (tertiary/aromatic N) is 2. The molecule has 2 N–H and O–H groups in total. The molecule has 0 aliphatic carbocycles. The number of methoxy groups -OCH3 is 1. The number of pyridine rings is 1. The highest BCUT2D eigenvalue weighted by Crippen LogP contribution is 2.28. The highest BCUT2D eigenvalue weighted by molar-refractivity contribution is 6.32. The zero-order valence-corrected chi connectivity index (χ0v) is 15.1. The first-order valence-electron chi connectivity index (χ1n) is 7.97. The quantitative estimate of drug-likeness (QED) is 0.676. The fourth-order valence-corrected chi connectivity index (χ4v) is 2.58. The molecule has 2 aromatic carbocycles. The number of anilines is 3. The maximum absolute atomic E-state index is 12.3. The van der Waals surface area contributed by atoms with Crippen LogP contribution >= 0.6 is 11.6 Å². The molecule has 0 bridgehead atoms. The SMILES string of the molecule is COc1ccc(Nc2ccc(C(=O)Nc3ccc(C#N)cc3)cn2)cc1Cl. The van der Waals surface area contributed by atoms with Gasteiger partial charge in [-0.2, -0.15) is 5.26 Å². The predicted octanol–water partition coefficient (Wildman–Crippen LogP) is 4.61. The van der Waals surface area contributed by atoms with Crippen molar-refractivity contribution in [1.29, 1.82) is 5.26 Å². The summed E-state index contributed by atoms with van der Waals surface area (Å²) in [4.78, 5) is 16.5. The van der Waals surface area contributed by atoms with E-state index >= 15 is 0 Å². The van der Waals surface area contributed by atoms with Gasteiger partial charge >= 0.3 is 0 Å². The molecule has 0 spiro atoms. The van der Waals surface area contributed by atoms with Gasteiger partial charge in [0.25, 0.3) is 5.91 Å². The Morgan fingerprint density at radius 2 is 1.85 bits per heavy atom. The molecule has 134 valence electrons. The number of carbonyl (C=O) groups excluding carboxylic acids is 1. The summed E-state index contributed by atoms with van der Waals surface area (Å²) in [5, 5.41) is 15.2. The fourth-order valence-electron chi connectivity index (χ4n) is 2.33. The summed E-state index contributed by atoms with van der Waals surface area (Å²) >= 11 is 6.10. The molecule has 1 aromatic heterocycles. The Morgan fingerprint density at radius 3 is 2.44 bits per heavy atom. The molecule has 0 fully saturated rings. The Bertz CT molecular complexity index is 996. The number of hydrogen-bond acceptors (Lipinski definition) is 5. The van der Waals surface area contributed by atoms with E-state index in [0.29, 0.717) is 33.4 Å². The maximum atomic E-state index is 12.3. The number of hydrogen-bond donors (Lipinski definition) is 2. The zero-order chi connectivity index (χ0) is 19.2. The van der Waals surface area contributed by atoms with Gasteiger partial charge < -0.3 is 15.4 Å². The number of aromatic nitrogens is 1. The number of benzene rings is 2. The molecule has 0 unspecified atom stereocenters. The van der Waals surface area contributed by atoms with Crippen LogP contribution in [0, 0.1) is 11.3 Å². The van der Waals surface area contributed by atoms with E-state index in [1.165, 1.54) is 6.20 Å². The Morgan fingerprint density at radius 1 is 1.11 bits per heavy atom. The van der Waals surface area contributed by atoms with E-state index in [4.69, 9.17) is 21.6 Å². The number of carbonyl (C=O) groups is 1. The first-order valence-corrected chi connectivity index (χ1v) is 8.35. The lowest BCUT2D eigenvalue weighted by Crippen LogP contribution is -2.12. The first-order chi connectivity index (χ1) is 13.1. The Balaban J connectivity index is 1.66. The molecule has 0 atom stereocenters. The van der Waals surface area contributed by atoms with E-state index in [9.17, 15) is 4.79 Å². The summed E-state index contributed by atoms with van der Waals surface area (Å²) in [5.74, 6) is 0.877. The number of ether oxygens (including phenoxy) is 1. The summed E-state index contributed by atoms with van der Waals surface area (Å²) in [5.41, 5.74) is 2.30. The number of halogens is 1. The minimum Gasteiger partial charge on any atom is -0.495 e. The van der Waals surface area contributed by atoms with Crippen molar-refractivity contribution in [2.24, 2.45) is 0 Å². The Labute approximate surface area is 161 Å². The largest absolute Gasteiger partial charge is 0.495 e. The van der Waals surface area contributed by atoms with Crippen LogP contribution in [-0.4, -0.2) is 18.0 Å². The van der Waals surface area contributed by atoms with Crippen LogP contribution < -0.4 is 15.4 Å². The Kier molecular flexibility index (Phi) is 5.55. The lowest BCUT2D eigenvalue weighted by Gasteiger charge is -2.09. The molecule has 0 saturated carbocycles. The van der Waals surface area contributed by atoms with Gasteiger partial charge in [0.2, 0.25) is 0 Å². The van der Waals surface area contributed by atoms with Crippen LogP contribution in [0.5, 0.6) is 5.75 Å². The molecule has 7 heteroatoms. The van der Waals surface area contributed by atoms with Gasteiger partial charge in [0.1, 0.15) is 11.6 Å². The normalized spacial score (nSPS) is 9.96. The van der Waals surface area contributed by atoms with Crippen molar-refractivity contribution >= 4 is 34.7 Å². The second-order valence-corrected chi connectivity index (χ2v) is 5.96. The van der Waals surface area contributed by atoms with Gasteiger partial charge in [0.15, 0.2) is 0 Å². The number of rotatable bonds is 5. The summed E-state index contributed by atoms with van der Waals surface area (Å²) in [6.07, 6.45) is 1.48. The number of nitriles is 1. The van der Waals surface area contributed by atoms with Crippen molar-refractivity contribution in [2.75, 3.05) is 17.7 Å². The Hall–Kier alpha value is -3.56. The molecule has 3 aromatic rings. The lowest BCUT2D eigenvalue weighted by atomic mass is 10.2. The molecule has 27 heavy (non-hydrogen) atoms. The van der Waals surface area contributed by atoms with E-state index in [1.54, 1.807) is 55.6 Å². The van der Waals surface area contributed by atoms with E-state index in [0.717, 1.165) is 5.69 Å². The van der Waals surface area contributed by atoms with Gasteiger partial charge in [-0.3, -0.25) is 4.79 Å². The topological polar surface area (TPSA) is 87.0 Å². The highest BCUT2D eigenvalue weighted by atomic mass is 35.5. The number of nitrogens with one attached hydrogen (secondary N) is 2. The maximum Gasteiger partial charge on any atom is 0.257 e. The van der Waals surface area contributed by atoms with Crippen LogP contribution in [0.1, 0.15) is 15.9 Å². The molecular formula is C20H15ClN4O2. The van der Waals surface area contributed by atoms with Crippen molar-refractivity contribution in [1.82, 2.24) is 4.98 Å². The van der Waals surface area contributed by atoms with E-state index in [1.807, 2.05) is 12.1 Å². The molecular weight excluding hydrogens is 364 g/mol. The van der Waals surface area contributed by atoms with Crippen LogP contribution in [0.4, 0.5) is 17.2 Å². The zero-order valence-electron chi connectivity index (χ0n) is 14.4. The van der Waals surface area contributed by atoms with Crippen LogP contribution in [-0.2, 0) is 0 Å². The van der Waals surface area contributed by atoms with Crippen LogP contribution in [0.25, 0.3) is 0 Å². The van der Waals surface area contributed by atoms with Crippen LogP contribution in [0.3, 0.4) is 0 Å². The fraction of sp³-hybridized carbons (Fsp3) is 0.0500. The molecule has 6 nitrogen and oxygen atoms in total. The molecule has 0 saturated heterocycles. The summed E-state index contributed by atoms with van der Waals surface area (Å²) in [6, 6.07) is 17.3. The molecule has 1 amide bonds. The molecule has 1 heterocycles. The second kappa shape index (κ2) is 8.21. The van der Waals surface area contributed by atoms with Crippen LogP contribution in [0.2, 0.25) is 5.02 Å². The van der Waals surface area contributed by atoms with Gasteiger partial charge in [-0.15, -0.1) is 0 Å². The van der Waals surface area contributed by atoms with Crippen molar-refractivity contribution in [3.05, 3.63) is 76.9 Å². The highest BCUT2D eigenvalue weighted by Gasteiger charge is 2.08. The summed E-state index contributed by atoms with van der Waals surface area (Å²) in [6.45, 7) is 0. The van der Waals surface area contributed by atoms with Crippen LogP contribution in [0.15, 0.2) is 60.8 Å². The van der Waals surface area contributed by atoms with E-state index in [2.05, 4.69) is 15.6 Å². The summed E-state index contributed by atoms with van der Waals surface area (Å²) < 4.78 is 5.12. The van der Waals surface area contributed by atoms with Crippen molar-refractivity contribution in [3.63, 3.8) is 0 Å². The van der Waals surface area contributed by atoms with Gasteiger partial charge in [0.05, 0.1) is 29.3 Å². The minimum absolute atomic E-state index is 0.286. The molecule has 0 aliphatic heterocycles. The van der Waals surface area contributed by atoms with E-state index in [-0.39, 0.29) is 5.91 Å². The molecule has 0 radical (unpaired) electrons. The lowest BCUT2D eigenvalue weighted by molar-refractivity contribution is 0.102. The standard InChI is InChI=1S/C20H15ClN4O2/c1-27-18-8-7-16(10-17(18)21)24-19-9-4-14(12-23-19)20(26)25-15-5-2-13(11-22)3-6-15/h2-10,12H,1H3,(H,23,24)(H,25,26).